The SMILES string of the molecule is CC1(C(=O)O)OC[C@H]2O[C@@H](O[C@H]3[C@H](O)[C@@H](O)[C@H](OC[C@H]4O[C@H](O[C@H]5O[C@H](CO)[C@@H](O)[C@H](O)[C@H]5O)[C@H](O)[C@@H](O)[C@@H]4O)O[C@@H]3CO)[C@H](O)[C@@H](O[C@@H]3O[C@H](CO)[C@@H](O)[C@H](O)[C@H]3O)[C@@H]2O1. The number of aliphatic hydroxyl groups is 15. The summed E-state index contributed by atoms with van der Waals surface area (Å²) in [5.74, 6) is -3.91. The van der Waals surface area contributed by atoms with Gasteiger partial charge in [-0.3, -0.25) is 0 Å². The molecule has 354 valence electrons. The number of fused-ring (bicyclic) bond motifs is 1. The van der Waals surface area contributed by atoms with Crippen LogP contribution >= 0.6 is 0 Å². The molecule has 6 fully saturated rings. The third kappa shape index (κ3) is 9.71. The first-order valence-electron chi connectivity index (χ1n) is 19.2. The molecule has 28 heteroatoms. The molecular weight excluding hydrogens is 844 g/mol. The van der Waals surface area contributed by atoms with Crippen LogP contribution in [0.25, 0.3) is 0 Å². The van der Waals surface area contributed by atoms with Gasteiger partial charge >= 0.3 is 5.97 Å². The van der Waals surface area contributed by atoms with Crippen molar-refractivity contribution in [2.24, 2.45) is 0 Å². The number of aliphatic carboxylic acids is 1. The average molecular weight is 899 g/mol. The molecule has 61 heavy (non-hydrogen) atoms. The maximum atomic E-state index is 12.0. The maximum absolute atomic E-state index is 12.0. The van der Waals surface area contributed by atoms with Crippen LogP contribution in [0.5, 0.6) is 0 Å². The zero-order chi connectivity index (χ0) is 44.8. The summed E-state index contributed by atoms with van der Waals surface area (Å²) < 4.78 is 61.1. The fraction of sp³-hybridized carbons (Fsp3) is 0.970. The molecule has 0 amide bonds. The minimum absolute atomic E-state index is 0.546. The van der Waals surface area contributed by atoms with E-state index in [-0.39, 0.29) is 0 Å². The van der Waals surface area contributed by atoms with Crippen molar-refractivity contribution in [3.8, 4) is 0 Å². The summed E-state index contributed by atoms with van der Waals surface area (Å²) in [6.45, 7) is -2.93. The van der Waals surface area contributed by atoms with Crippen LogP contribution in [0.2, 0.25) is 0 Å². The lowest BCUT2D eigenvalue weighted by molar-refractivity contribution is -0.415. The first kappa shape index (κ1) is 48.9. The molecule has 1 unspecified atom stereocenters. The molecule has 6 aliphatic heterocycles. The summed E-state index contributed by atoms with van der Waals surface area (Å²) in [5.41, 5.74) is 0. The molecule has 0 saturated carbocycles. The van der Waals surface area contributed by atoms with Crippen LogP contribution in [0.15, 0.2) is 0 Å². The third-order valence-electron chi connectivity index (χ3n) is 11.3. The quantitative estimate of drug-likeness (QED) is 0.0816. The number of carbonyl (C=O) groups is 1. The van der Waals surface area contributed by atoms with Crippen LogP contribution in [0.4, 0.5) is 0 Å². The van der Waals surface area contributed by atoms with Crippen LogP contribution in [-0.2, 0) is 56.9 Å². The van der Waals surface area contributed by atoms with E-state index >= 15 is 0 Å². The van der Waals surface area contributed by atoms with Gasteiger partial charge in [0, 0.05) is 6.92 Å². The van der Waals surface area contributed by atoms with E-state index in [1.165, 1.54) is 0 Å². The molecule has 0 radical (unpaired) electrons. The summed E-state index contributed by atoms with van der Waals surface area (Å²) in [4.78, 5) is 12.0. The number of carboxylic acids is 1. The van der Waals surface area contributed by atoms with Crippen molar-refractivity contribution in [1.29, 1.82) is 0 Å². The summed E-state index contributed by atoms with van der Waals surface area (Å²) in [6.07, 6.45) is -45.3. The lowest BCUT2D eigenvalue weighted by Crippen LogP contribution is -2.70. The van der Waals surface area contributed by atoms with Gasteiger partial charge in [0.1, 0.15) is 122 Å². The number of carboxylic acid groups (broad SMARTS) is 1. The van der Waals surface area contributed by atoms with Gasteiger partial charge in [0.2, 0.25) is 0 Å². The Morgan fingerprint density at radius 3 is 1.44 bits per heavy atom. The second-order valence-electron chi connectivity index (χ2n) is 15.5. The Hall–Kier alpha value is -1.57. The predicted molar refractivity (Wildman–Crippen MR) is 180 cm³/mol. The first-order chi connectivity index (χ1) is 28.8. The van der Waals surface area contributed by atoms with E-state index < -0.39 is 198 Å². The molecular formula is C33H54O28. The third-order valence-corrected chi connectivity index (χ3v) is 11.3. The lowest BCUT2D eigenvalue weighted by Gasteiger charge is -2.52. The Morgan fingerprint density at radius 2 is 0.934 bits per heavy atom. The van der Waals surface area contributed by atoms with Crippen molar-refractivity contribution >= 4 is 5.97 Å². The fourth-order valence-corrected chi connectivity index (χ4v) is 7.60. The van der Waals surface area contributed by atoms with Gasteiger partial charge in [-0.05, 0) is 0 Å². The molecule has 0 aromatic heterocycles. The number of hydrogen-bond donors (Lipinski definition) is 16. The summed E-state index contributed by atoms with van der Waals surface area (Å²) in [7, 11) is 0. The standard InChI is InChI=1S/C33H54O28/c1-33(32(49)50)52-6-11-25(61-33)26(59-28-19(44)15(40)12(37)7(2-34)53-28)23(48)31(57-11)58-24-9(4-36)55-27(22(47)18(24)43)51-5-10-14(39)17(42)21(46)30(56-10)60-29-20(45)16(41)13(38)8(3-35)54-29/h7-31,34-48H,2-6H2,1H3,(H,49,50)/t7-,8-,9-,10-,11-,12-,13-,14-,15+,16+,17+,18-,19-,20-,21-,22-,23-,24-,25-,26-,27-,28+,29-,30-,31+,33?/m1/s1. The van der Waals surface area contributed by atoms with Gasteiger partial charge in [-0.15, -0.1) is 0 Å². The Kier molecular flexibility index (Phi) is 15.9. The molecule has 6 aliphatic rings. The summed E-state index contributed by atoms with van der Waals surface area (Å²) in [5, 5.41) is 166. The molecule has 6 saturated heterocycles. The van der Waals surface area contributed by atoms with Crippen molar-refractivity contribution in [3.63, 3.8) is 0 Å². The van der Waals surface area contributed by atoms with Crippen molar-refractivity contribution in [2.75, 3.05) is 33.0 Å². The van der Waals surface area contributed by atoms with Crippen LogP contribution < -0.4 is 0 Å². The van der Waals surface area contributed by atoms with Gasteiger partial charge in [-0.2, -0.15) is 0 Å². The smallest absolute Gasteiger partial charge is 0.364 e. The first-order valence-corrected chi connectivity index (χ1v) is 19.2. The van der Waals surface area contributed by atoms with Gasteiger partial charge in [0.05, 0.1) is 33.0 Å². The minimum Gasteiger partial charge on any atom is -0.477 e. The number of aliphatic hydroxyl groups excluding tert-OH is 15. The number of hydrogen-bond acceptors (Lipinski definition) is 27. The van der Waals surface area contributed by atoms with E-state index in [2.05, 4.69) is 0 Å². The molecule has 16 N–H and O–H groups in total. The van der Waals surface area contributed by atoms with Gasteiger partial charge in [0.25, 0.3) is 5.79 Å². The van der Waals surface area contributed by atoms with E-state index in [1.54, 1.807) is 0 Å². The molecule has 0 aliphatic carbocycles. The Bertz CT molecular complexity index is 1430. The normalized spacial score (nSPS) is 53.3. The Balaban J connectivity index is 1.13. The minimum atomic E-state index is -2.32. The van der Waals surface area contributed by atoms with E-state index in [0.29, 0.717) is 0 Å². The monoisotopic (exact) mass is 898 g/mol. The molecule has 0 aromatic rings. The zero-order valence-corrected chi connectivity index (χ0v) is 32.0. The summed E-state index contributed by atoms with van der Waals surface area (Å²) in [6, 6.07) is 0. The van der Waals surface area contributed by atoms with Gasteiger partial charge < -0.3 is 134 Å². The van der Waals surface area contributed by atoms with Crippen LogP contribution in [0.1, 0.15) is 6.92 Å². The highest BCUT2D eigenvalue weighted by Gasteiger charge is 2.59. The Morgan fingerprint density at radius 1 is 0.508 bits per heavy atom. The van der Waals surface area contributed by atoms with E-state index in [9.17, 15) is 86.5 Å². The van der Waals surface area contributed by atoms with E-state index in [0.717, 1.165) is 6.92 Å². The van der Waals surface area contributed by atoms with Gasteiger partial charge in [-0.1, -0.05) is 0 Å². The fourth-order valence-electron chi connectivity index (χ4n) is 7.60. The summed E-state index contributed by atoms with van der Waals surface area (Å²) >= 11 is 0. The molecule has 0 aromatic carbocycles. The van der Waals surface area contributed by atoms with Gasteiger partial charge in [-0.25, -0.2) is 4.79 Å². The molecule has 0 bridgehead atoms. The Labute approximate surface area is 344 Å². The lowest BCUT2D eigenvalue weighted by atomic mass is 9.95. The molecule has 28 nitrogen and oxygen atoms in total. The topological polar surface area (TPSA) is 442 Å². The second-order valence-corrected chi connectivity index (χ2v) is 15.5. The maximum Gasteiger partial charge on any atom is 0.364 e. The predicted octanol–water partition coefficient (Wildman–Crippen LogP) is -11.1. The van der Waals surface area contributed by atoms with Crippen LogP contribution in [0, 0.1) is 0 Å². The molecule has 6 heterocycles. The highest BCUT2D eigenvalue weighted by atomic mass is 16.8. The second kappa shape index (κ2) is 19.9. The number of rotatable bonds is 13. The number of ether oxygens (including phenoxy) is 11. The van der Waals surface area contributed by atoms with Crippen molar-refractivity contribution in [3.05, 3.63) is 0 Å². The van der Waals surface area contributed by atoms with Crippen LogP contribution in [0.3, 0.4) is 0 Å². The highest BCUT2D eigenvalue weighted by Crippen LogP contribution is 2.38. The molecule has 0 spiro atoms. The highest BCUT2D eigenvalue weighted by molar-refractivity contribution is 5.75. The zero-order valence-electron chi connectivity index (χ0n) is 32.0. The van der Waals surface area contributed by atoms with Crippen molar-refractivity contribution in [1.82, 2.24) is 0 Å². The van der Waals surface area contributed by atoms with Crippen molar-refractivity contribution in [2.45, 2.75) is 166 Å². The van der Waals surface area contributed by atoms with E-state index in [1.807, 2.05) is 0 Å². The van der Waals surface area contributed by atoms with E-state index in [4.69, 9.17) is 52.1 Å². The average Bonchev–Trinajstić information content (AvgIpc) is 3.24. The van der Waals surface area contributed by atoms with Crippen LogP contribution in [-0.4, -0.2) is 280 Å². The largest absolute Gasteiger partial charge is 0.477 e. The van der Waals surface area contributed by atoms with Crippen molar-refractivity contribution < 1.29 is 139 Å². The molecule has 6 rings (SSSR count). The molecule has 26 atom stereocenters. The van der Waals surface area contributed by atoms with Gasteiger partial charge in [0.15, 0.2) is 31.5 Å².